The van der Waals surface area contributed by atoms with Crippen molar-refractivity contribution in [1.82, 2.24) is 19.6 Å². The predicted octanol–water partition coefficient (Wildman–Crippen LogP) is 2.68. The highest BCUT2D eigenvalue weighted by molar-refractivity contribution is 6.04. The molecule has 0 atom stereocenters. The average Bonchev–Trinajstić information content (AvgIpc) is 3.07. The van der Waals surface area contributed by atoms with E-state index in [2.05, 4.69) is 15.1 Å². The Hall–Kier alpha value is -3.28. The van der Waals surface area contributed by atoms with Crippen LogP contribution in [0, 0.1) is 0 Å². The Balaban J connectivity index is 1.98. The first-order chi connectivity index (χ1) is 11.3. The third kappa shape index (κ3) is 2.12. The fourth-order valence-corrected chi connectivity index (χ4v) is 2.67. The van der Waals surface area contributed by atoms with Crippen LogP contribution in [0.2, 0.25) is 0 Å². The van der Waals surface area contributed by atoms with Gasteiger partial charge in [0.1, 0.15) is 0 Å². The molecule has 4 rings (SSSR count). The summed E-state index contributed by atoms with van der Waals surface area (Å²) in [5, 5.41) is 4.18. The van der Waals surface area contributed by atoms with Gasteiger partial charge in [-0.25, -0.2) is 19.3 Å². The Bertz CT molecular complexity index is 960. The number of aromatic nitrogens is 4. The molecular formula is C17H12N4O2. The summed E-state index contributed by atoms with van der Waals surface area (Å²) in [5.41, 5.74) is 3.84. The minimum Gasteiger partial charge on any atom is -0.465 e. The van der Waals surface area contributed by atoms with E-state index in [0.717, 1.165) is 16.7 Å². The monoisotopic (exact) mass is 304 g/mol. The van der Waals surface area contributed by atoms with Gasteiger partial charge in [0.25, 0.3) is 5.78 Å². The normalized spacial score (nSPS) is 11.0. The summed E-state index contributed by atoms with van der Waals surface area (Å²) in [6.07, 6.45) is 4.99. The molecule has 0 saturated heterocycles. The Morgan fingerprint density at radius 1 is 1.09 bits per heavy atom. The molecule has 23 heavy (non-hydrogen) atoms. The molecule has 0 aromatic carbocycles. The highest BCUT2D eigenvalue weighted by Gasteiger charge is 2.22. The van der Waals surface area contributed by atoms with Crippen molar-refractivity contribution in [2.24, 2.45) is 0 Å². The molecule has 2 aromatic rings. The van der Waals surface area contributed by atoms with Crippen LogP contribution < -0.4 is 0 Å². The van der Waals surface area contributed by atoms with Crippen LogP contribution in [0.15, 0.2) is 55.0 Å². The molecule has 6 nitrogen and oxygen atoms in total. The molecule has 6 heteroatoms. The van der Waals surface area contributed by atoms with Crippen LogP contribution in [0.5, 0.6) is 0 Å². The number of methoxy groups -OCH3 is 1. The van der Waals surface area contributed by atoms with Crippen molar-refractivity contribution in [3.05, 3.63) is 60.6 Å². The Kier molecular flexibility index (Phi) is 3.01. The zero-order valence-electron chi connectivity index (χ0n) is 12.3. The number of esters is 1. The van der Waals surface area contributed by atoms with Gasteiger partial charge < -0.3 is 4.74 Å². The number of imidazole rings is 1. The second kappa shape index (κ2) is 5.17. The van der Waals surface area contributed by atoms with Crippen LogP contribution in [0.4, 0.5) is 0 Å². The van der Waals surface area contributed by atoms with Crippen LogP contribution >= 0.6 is 0 Å². The van der Waals surface area contributed by atoms with Crippen LogP contribution in [-0.4, -0.2) is 32.7 Å². The zero-order valence-corrected chi connectivity index (χ0v) is 12.3. The van der Waals surface area contributed by atoms with E-state index in [1.165, 1.54) is 7.11 Å². The minimum atomic E-state index is -0.368. The van der Waals surface area contributed by atoms with Gasteiger partial charge in [-0.05, 0) is 17.2 Å². The third-order valence-corrected chi connectivity index (χ3v) is 3.71. The number of hydrogen-bond donors (Lipinski definition) is 0. The maximum absolute atomic E-state index is 12.1. The smallest absolute Gasteiger partial charge is 0.338 e. The van der Waals surface area contributed by atoms with Gasteiger partial charge in [-0.3, -0.25) is 0 Å². The van der Waals surface area contributed by atoms with E-state index in [9.17, 15) is 4.79 Å². The van der Waals surface area contributed by atoms with Gasteiger partial charge in [-0.15, -0.1) is 0 Å². The molecule has 0 aliphatic heterocycles. The predicted molar refractivity (Wildman–Crippen MR) is 84.2 cm³/mol. The molecular weight excluding hydrogens is 292 g/mol. The fourth-order valence-electron chi connectivity index (χ4n) is 2.67. The SMILES string of the molecule is COC(=O)c1cc(-c2cn3nccnc3n2)c2cccccc1-2. The molecule has 0 saturated carbocycles. The lowest BCUT2D eigenvalue weighted by Crippen LogP contribution is -1.99. The van der Waals surface area contributed by atoms with Gasteiger partial charge in [0.15, 0.2) is 0 Å². The number of carbonyl (C=O) groups is 1. The van der Waals surface area contributed by atoms with E-state index in [4.69, 9.17) is 4.74 Å². The van der Waals surface area contributed by atoms with Crippen molar-refractivity contribution in [2.45, 2.75) is 0 Å². The van der Waals surface area contributed by atoms with Crippen molar-refractivity contribution < 1.29 is 9.53 Å². The number of nitrogens with zero attached hydrogens (tertiary/aromatic N) is 4. The van der Waals surface area contributed by atoms with Crippen molar-refractivity contribution in [3.63, 3.8) is 0 Å². The van der Waals surface area contributed by atoms with Gasteiger partial charge >= 0.3 is 5.97 Å². The molecule has 2 aliphatic carbocycles. The molecule has 0 amide bonds. The molecule has 2 aromatic heterocycles. The number of hydrogen-bond acceptors (Lipinski definition) is 5. The lowest BCUT2D eigenvalue weighted by atomic mass is 10.1. The highest BCUT2D eigenvalue weighted by atomic mass is 16.5. The van der Waals surface area contributed by atoms with E-state index in [1.54, 1.807) is 29.2 Å². The number of carbonyl (C=O) groups excluding carboxylic acids is 1. The first-order valence-electron chi connectivity index (χ1n) is 7.05. The summed E-state index contributed by atoms with van der Waals surface area (Å²) in [4.78, 5) is 20.7. The quantitative estimate of drug-likeness (QED) is 0.533. The van der Waals surface area contributed by atoms with Crippen molar-refractivity contribution in [1.29, 1.82) is 0 Å². The summed E-state index contributed by atoms with van der Waals surface area (Å²) >= 11 is 0. The van der Waals surface area contributed by atoms with Gasteiger partial charge in [-0.1, -0.05) is 30.3 Å². The van der Waals surface area contributed by atoms with Crippen LogP contribution in [0.3, 0.4) is 0 Å². The molecule has 0 N–H and O–H groups in total. The van der Waals surface area contributed by atoms with Crippen LogP contribution in [-0.2, 0) is 4.74 Å². The van der Waals surface area contributed by atoms with E-state index < -0.39 is 0 Å². The lowest BCUT2D eigenvalue weighted by Gasteiger charge is -1.99. The van der Waals surface area contributed by atoms with Crippen LogP contribution in [0.25, 0.3) is 28.2 Å². The standard InChI is InChI=1S/C17H12N4O2/c1-23-16(22)14-9-13(11-5-3-2-4-6-12(11)14)15-10-21-17(20-15)18-7-8-19-21/h2-10H,1H3. The van der Waals surface area contributed by atoms with E-state index >= 15 is 0 Å². The molecule has 112 valence electrons. The Morgan fingerprint density at radius 3 is 2.70 bits per heavy atom. The summed E-state index contributed by atoms with van der Waals surface area (Å²) < 4.78 is 6.50. The molecule has 0 radical (unpaired) electrons. The van der Waals surface area contributed by atoms with E-state index in [1.807, 2.05) is 30.3 Å². The van der Waals surface area contributed by atoms with Crippen molar-refractivity contribution in [2.75, 3.05) is 7.11 Å². The van der Waals surface area contributed by atoms with Gasteiger partial charge in [0.2, 0.25) is 0 Å². The number of rotatable bonds is 2. The Labute approximate surface area is 131 Å². The van der Waals surface area contributed by atoms with Gasteiger partial charge in [0.05, 0.1) is 37.0 Å². The summed E-state index contributed by atoms with van der Waals surface area (Å²) in [6, 6.07) is 11.4. The average molecular weight is 304 g/mol. The maximum Gasteiger partial charge on any atom is 0.338 e. The topological polar surface area (TPSA) is 69.4 Å². The Morgan fingerprint density at radius 2 is 1.91 bits per heavy atom. The molecule has 0 fully saturated rings. The molecule has 0 unspecified atom stereocenters. The fraction of sp³-hybridized carbons (Fsp3) is 0.0588. The van der Waals surface area contributed by atoms with Gasteiger partial charge in [-0.2, -0.15) is 5.10 Å². The van der Waals surface area contributed by atoms with Crippen molar-refractivity contribution >= 4 is 11.7 Å². The summed E-state index contributed by atoms with van der Waals surface area (Å²) in [7, 11) is 1.38. The maximum atomic E-state index is 12.1. The number of fused-ring (bicyclic) bond motifs is 2. The molecule has 2 aliphatic rings. The summed E-state index contributed by atoms with van der Waals surface area (Å²) in [5.74, 6) is 0.143. The first-order valence-corrected chi connectivity index (χ1v) is 7.05. The van der Waals surface area contributed by atoms with Gasteiger partial charge in [0, 0.05) is 5.56 Å². The second-order valence-corrected chi connectivity index (χ2v) is 5.01. The van der Waals surface area contributed by atoms with Crippen LogP contribution in [0.1, 0.15) is 10.4 Å². The van der Waals surface area contributed by atoms with Crippen molar-refractivity contribution in [3.8, 4) is 22.4 Å². The molecule has 0 spiro atoms. The number of ether oxygens (including phenoxy) is 1. The molecule has 2 heterocycles. The highest BCUT2D eigenvalue weighted by Crippen LogP contribution is 2.38. The van der Waals surface area contributed by atoms with E-state index in [-0.39, 0.29) is 5.97 Å². The molecule has 0 bridgehead atoms. The third-order valence-electron chi connectivity index (χ3n) is 3.71. The zero-order chi connectivity index (χ0) is 15.8. The summed E-state index contributed by atoms with van der Waals surface area (Å²) in [6.45, 7) is 0. The lowest BCUT2D eigenvalue weighted by molar-refractivity contribution is 0.0602. The largest absolute Gasteiger partial charge is 0.465 e. The minimum absolute atomic E-state index is 0.368. The second-order valence-electron chi connectivity index (χ2n) is 5.01. The first kappa shape index (κ1) is 13.4. The van der Waals surface area contributed by atoms with E-state index in [0.29, 0.717) is 17.0 Å².